The molecule has 1 aromatic rings. The first-order chi connectivity index (χ1) is 9.20. The fourth-order valence-electron chi connectivity index (χ4n) is 2.74. The number of piperazine rings is 1. The van der Waals surface area contributed by atoms with Crippen molar-refractivity contribution in [1.82, 2.24) is 10.2 Å². The van der Waals surface area contributed by atoms with E-state index in [2.05, 4.69) is 55.3 Å². The molecule has 1 heterocycles. The fraction of sp³-hybridized carbons (Fsp3) is 0.625. The number of nitrogens with zero attached hydrogens (tertiary/aromatic N) is 1. The van der Waals surface area contributed by atoms with Crippen molar-refractivity contribution in [3.05, 3.63) is 29.8 Å². The first kappa shape index (κ1) is 20.5. The smallest absolute Gasteiger partial charge is 0.119 e. The predicted molar refractivity (Wildman–Crippen MR) is 94.2 cm³/mol. The van der Waals surface area contributed by atoms with Crippen molar-refractivity contribution in [3.63, 3.8) is 0 Å². The Morgan fingerprint density at radius 1 is 1.10 bits per heavy atom. The first-order valence-electron chi connectivity index (χ1n) is 7.42. The van der Waals surface area contributed by atoms with Crippen LogP contribution in [0.25, 0.3) is 0 Å². The van der Waals surface area contributed by atoms with Crippen LogP contribution in [0.2, 0.25) is 0 Å². The molecule has 1 fully saturated rings. The van der Waals surface area contributed by atoms with Crippen LogP contribution in [0, 0.1) is 0 Å². The average molecular weight is 335 g/mol. The van der Waals surface area contributed by atoms with E-state index in [4.69, 9.17) is 4.74 Å². The lowest BCUT2D eigenvalue weighted by atomic mass is 10.0. The molecular formula is C16H28Cl2N2O. The zero-order valence-corrected chi connectivity index (χ0v) is 14.8. The van der Waals surface area contributed by atoms with E-state index in [1.165, 1.54) is 5.56 Å². The van der Waals surface area contributed by atoms with Crippen LogP contribution in [0.15, 0.2) is 24.3 Å². The molecule has 0 saturated carbocycles. The number of halogens is 2. The van der Waals surface area contributed by atoms with Gasteiger partial charge in [-0.3, -0.25) is 4.90 Å². The van der Waals surface area contributed by atoms with Crippen molar-refractivity contribution in [2.24, 2.45) is 0 Å². The molecule has 0 spiro atoms. The molecule has 0 aliphatic carbocycles. The van der Waals surface area contributed by atoms with Gasteiger partial charge >= 0.3 is 0 Å². The van der Waals surface area contributed by atoms with Gasteiger partial charge in [0.25, 0.3) is 0 Å². The molecule has 122 valence electrons. The lowest BCUT2D eigenvalue weighted by molar-refractivity contribution is 0.169. The SMILES string of the molecule is CC[C@@H](c1ccc(OC(C)C)cc1)N1CCNCC1.Cl.Cl. The largest absolute Gasteiger partial charge is 0.491 e. The average Bonchev–Trinajstić information content (AvgIpc) is 2.42. The molecule has 3 nitrogen and oxygen atoms in total. The number of hydrogen-bond acceptors (Lipinski definition) is 3. The van der Waals surface area contributed by atoms with Crippen LogP contribution in [0.1, 0.15) is 38.8 Å². The van der Waals surface area contributed by atoms with Gasteiger partial charge < -0.3 is 10.1 Å². The Balaban J connectivity index is 0.00000200. The van der Waals surface area contributed by atoms with Crippen molar-refractivity contribution < 1.29 is 4.74 Å². The minimum absolute atomic E-state index is 0. The summed E-state index contributed by atoms with van der Waals surface area (Å²) >= 11 is 0. The fourth-order valence-corrected chi connectivity index (χ4v) is 2.74. The highest BCUT2D eigenvalue weighted by atomic mass is 35.5. The van der Waals surface area contributed by atoms with E-state index in [-0.39, 0.29) is 30.9 Å². The second kappa shape index (κ2) is 10.3. The van der Waals surface area contributed by atoms with Crippen LogP contribution in [0.3, 0.4) is 0 Å². The molecule has 0 unspecified atom stereocenters. The summed E-state index contributed by atoms with van der Waals surface area (Å²) in [5, 5.41) is 3.41. The number of ether oxygens (including phenoxy) is 1. The number of rotatable bonds is 5. The number of hydrogen-bond donors (Lipinski definition) is 1. The molecule has 21 heavy (non-hydrogen) atoms. The van der Waals surface area contributed by atoms with Gasteiger partial charge in [-0.05, 0) is 38.0 Å². The van der Waals surface area contributed by atoms with Crippen molar-refractivity contribution in [3.8, 4) is 5.75 Å². The van der Waals surface area contributed by atoms with Gasteiger partial charge in [-0.25, -0.2) is 0 Å². The minimum atomic E-state index is 0. The summed E-state index contributed by atoms with van der Waals surface area (Å²) in [7, 11) is 0. The van der Waals surface area contributed by atoms with E-state index in [9.17, 15) is 0 Å². The molecule has 0 aromatic heterocycles. The zero-order valence-electron chi connectivity index (χ0n) is 13.2. The predicted octanol–water partition coefficient (Wildman–Crippen LogP) is 3.67. The highest BCUT2D eigenvalue weighted by Gasteiger charge is 2.20. The third-order valence-corrected chi connectivity index (χ3v) is 3.62. The van der Waals surface area contributed by atoms with Gasteiger partial charge in [0, 0.05) is 32.2 Å². The van der Waals surface area contributed by atoms with E-state index in [0.29, 0.717) is 6.04 Å². The third-order valence-electron chi connectivity index (χ3n) is 3.62. The van der Waals surface area contributed by atoms with Crippen molar-refractivity contribution in [2.75, 3.05) is 26.2 Å². The van der Waals surface area contributed by atoms with Gasteiger partial charge in [-0.15, -0.1) is 24.8 Å². The second-order valence-corrected chi connectivity index (χ2v) is 5.45. The summed E-state index contributed by atoms with van der Waals surface area (Å²) in [5.41, 5.74) is 1.40. The summed E-state index contributed by atoms with van der Waals surface area (Å²) in [6.07, 6.45) is 1.39. The monoisotopic (exact) mass is 334 g/mol. The quantitative estimate of drug-likeness (QED) is 0.888. The highest BCUT2D eigenvalue weighted by Crippen LogP contribution is 2.26. The van der Waals surface area contributed by atoms with Gasteiger partial charge in [-0.1, -0.05) is 19.1 Å². The van der Waals surface area contributed by atoms with Crippen LogP contribution < -0.4 is 10.1 Å². The molecule has 1 saturated heterocycles. The van der Waals surface area contributed by atoms with Gasteiger partial charge in [0.2, 0.25) is 0 Å². The molecule has 1 aromatic carbocycles. The number of benzene rings is 1. The highest BCUT2D eigenvalue weighted by molar-refractivity contribution is 5.85. The van der Waals surface area contributed by atoms with Crippen molar-refractivity contribution >= 4 is 24.8 Å². The molecule has 1 aliphatic rings. The number of nitrogens with one attached hydrogen (secondary N) is 1. The van der Waals surface area contributed by atoms with Crippen LogP contribution in [-0.4, -0.2) is 37.2 Å². The van der Waals surface area contributed by atoms with E-state index in [1.807, 2.05) is 0 Å². The van der Waals surface area contributed by atoms with E-state index in [1.54, 1.807) is 0 Å². The zero-order chi connectivity index (χ0) is 13.7. The van der Waals surface area contributed by atoms with Gasteiger partial charge in [0.05, 0.1) is 6.10 Å². The Morgan fingerprint density at radius 2 is 1.67 bits per heavy atom. The molecular weight excluding hydrogens is 307 g/mol. The topological polar surface area (TPSA) is 24.5 Å². The Labute approximate surface area is 141 Å². The van der Waals surface area contributed by atoms with Crippen LogP contribution in [-0.2, 0) is 0 Å². The standard InChI is InChI=1S/C16H26N2O.2ClH/c1-4-16(18-11-9-17-10-12-18)14-5-7-15(8-6-14)19-13(2)3;;/h5-8,13,16-17H,4,9-12H2,1-3H3;2*1H/t16-;;/m0../s1. The van der Waals surface area contributed by atoms with Crippen LogP contribution >= 0.6 is 24.8 Å². The van der Waals surface area contributed by atoms with Crippen LogP contribution in [0.5, 0.6) is 5.75 Å². The Morgan fingerprint density at radius 3 is 2.14 bits per heavy atom. The molecule has 2 rings (SSSR count). The van der Waals surface area contributed by atoms with Gasteiger partial charge in [-0.2, -0.15) is 0 Å². The van der Waals surface area contributed by atoms with Gasteiger partial charge in [0.15, 0.2) is 0 Å². The van der Waals surface area contributed by atoms with E-state index in [0.717, 1.165) is 38.3 Å². The summed E-state index contributed by atoms with van der Waals surface area (Å²) in [4.78, 5) is 2.58. The first-order valence-corrected chi connectivity index (χ1v) is 7.42. The minimum Gasteiger partial charge on any atom is -0.491 e. The molecule has 1 aliphatic heterocycles. The second-order valence-electron chi connectivity index (χ2n) is 5.45. The normalized spacial score (nSPS) is 16.8. The summed E-state index contributed by atoms with van der Waals surface area (Å²) in [6.45, 7) is 10.9. The Hall–Kier alpha value is -0.480. The van der Waals surface area contributed by atoms with Crippen molar-refractivity contribution in [2.45, 2.75) is 39.3 Å². The Kier molecular flexibility index (Phi) is 10.0. The molecule has 0 amide bonds. The van der Waals surface area contributed by atoms with E-state index < -0.39 is 0 Å². The van der Waals surface area contributed by atoms with Crippen molar-refractivity contribution in [1.29, 1.82) is 0 Å². The van der Waals surface area contributed by atoms with Crippen LogP contribution in [0.4, 0.5) is 0 Å². The lowest BCUT2D eigenvalue weighted by Gasteiger charge is -2.34. The molecule has 1 atom stereocenters. The summed E-state index contributed by atoms with van der Waals surface area (Å²) in [6, 6.07) is 9.16. The maximum absolute atomic E-state index is 5.70. The maximum atomic E-state index is 5.70. The lowest BCUT2D eigenvalue weighted by Crippen LogP contribution is -2.45. The summed E-state index contributed by atoms with van der Waals surface area (Å²) < 4.78 is 5.70. The maximum Gasteiger partial charge on any atom is 0.119 e. The molecule has 1 N–H and O–H groups in total. The molecule has 0 bridgehead atoms. The molecule has 5 heteroatoms. The summed E-state index contributed by atoms with van der Waals surface area (Å²) in [5.74, 6) is 0.967. The van der Waals surface area contributed by atoms with Gasteiger partial charge in [0.1, 0.15) is 5.75 Å². The Bertz CT molecular complexity index is 378. The molecule has 0 radical (unpaired) electrons. The van der Waals surface area contributed by atoms with E-state index >= 15 is 0 Å². The third kappa shape index (κ3) is 6.03.